The van der Waals surface area contributed by atoms with Crippen molar-refractivity contribution in [3.05, 3.63) is 24.2 Å². The summed E-state index contributed by atoms with van der Waals surface area (Å²) in [6, 6.07) is 1.80. The Balaban J connectivity index is 1.94. The van der Waals surface area contributed by atoms with Crippen molar-refractivity contribution in [1.82, 2.24) is 10.6 Å². The van der Waals surface area contributed by atoms with Crippen LogP contribution in [0.2, 0.25) is 0 Å². The summed E-state index contributed by atoms with van der Waals surface area (Å²) in [7, 11) is 0. The summed E-state index contributed by atoms with van der Waals surface area (Å²) < 4.78 is 39.9. The highest BCUT2D eigenvalue weighted by Gasteiger charge is 2.25. The van der Waals surface area contributed by atoms with Crippen LogP contribution in [-0.2, 0) is 6.54 Å². The first-order valence-corrected chi connectivity index (χ1v) is 4.57. The first kappa shape index (κ1) is 12.1. The van der Waals surface area contributed by atoms with Gasteiger partial charge in [-0.3, -0.25) is 0 Å². The van der Waals surface area contributed by atoms with Crippen LogP contribution < -0.4 is 10.6 Å². The molecule has 0 spiro atoms. The molecule has 3 nitrogen and oxygen atoms in total. The molecular weight excluding hydrogens is 209 g/mol. The van der Waals surface area contributed by atoms with Gasteiger partial charge in [0.25, 0.3) is 0 Å². The molecule has 0 aliphatic carbocycles. The molecule has 0 aromatic carbocycles. The van der Waals surface area contributed by atoms with Crippen molar-refractivity contribution >= 4 is 0 Å². The number of halogens is 3. The van der Waals surface area contributed by atoms with Crippen molar-refractivity contribution < 1.29 is 17.6 Å². The van der Waals surface area contributed by atoms with Gasteiger partial charge in [0, 0.05) is 25.2 Å². The van der Waals surface area contributed by atoms with Crippen LogP contribution in [0.3, 0.4) is 0 Å². The van der Waals surface area contributed by atoms with Gasteiger partial charge in [-0.05, 0) is 6.07 Å². The molecule has 1 aromatic rings. The zero-order valence-corrected chi connectivity index (χ0v) is 8.10. The maximum Gasteiger partial charge on any atom is 0.401 e. The summed E-state index contributed by atoms with van der Waals surface area (Å²) >= 11 is 0. The number of furan rings is 1. The maximum absolute atomic E-state index is 11.7. The average molecular weight is 222 g/mol. The molecule has 0 bridgehead atoms. The quantitative estimate of drug-likeness (QED) is 0.716. The lowest BCUT2D eigenvalue weighted by molar-refractivity contribution is -0.124. The molecule has 0 aliphatic heterocycles. The molecule has 0 unspecified atom stereocenters. The van der Waals surface area contributed by atoms with E-state index in [0.29, 0.717) is 13.1 Å². The lowest BCUT2D eigenvalue weighted by atomic mass is 10.3. The zero-order valence-electron chi connectivity index (χ0n) is 8.10. The largest absolute Gasteiger partial charge is 0.472 e. The van der Waals surface area contributed by atoms with Crippen molar-refractivity contribution in [2.45, 2.75) is 12.7 Å². The van der Waals surface area contributed by atoms with E-state index in [1.54, 1.807) is 18.6 Å². The van der Waals surface area contributed by atoms with Gasteiger partial charge in [-0.1, -0.05) is 0 Å². The predicted octanol–water partition coefficient (Wildman–Crippen LogP) is 1.52. The Hall–Kier alpha value is -1.01. The van der Waals surface area contributed by atoms with Gasteiger partial charge in [0.05, 0.1) is 19.1 Å². The molecule has 86 valence electrons. The Morgan fingerprint density at radius 1 is 1.20 bits per heavy atom. The van der Waals surface area contributed by atoms with Crippen LogP contribution in [0.1, 0.15) is 5.56 Å². The molecule has 0 saturated heterocycles. The van der Waals surface area contributed by atoms with Crippen LogP contribution in [0.25, 0.3) is 0 Å². The van der Waals surface area contributed by atoms with E-state index in [-0.39, 0.29) is 6.54 Å². The van der Waals surface area contributed by atoms with Crippen LogP contribution >= 0.6 is 0 Å². The Morgan fingerprint density at radius 2 is 1.93 bits per heavy atom. The maximum atomic E-state index is 11.7. The van der Waals surface area contributed by atoms with E-state index < -0.39 is 12.7 Å². The minimum atomic E-state index is -4.13. The number of alkyl halides is 3. The van der Waals surface area contributed by atoms with Gasteiger partial charge in [-0.2, -0.15) is 13.2 Å². The summed E-state index contributed by atoms with van der Waals surface area (Å²) in [6.45, 7) is 0.434. The molecule has 1 aromatic heterocycles. The Labute approximate surface area is 85.6 Å². The summed E-state index contributed by atoms with van der Waals surface area (Å²) in [5, 5.41) is 5.28. The third-order valence-corrected chi connectivity index (χ3v) is 1.71. The van der Waals surface area contributed by atoms with Crippen molar-refractivity contribution in [1.29, 1.82) is 0 Å². The second-order valence-electron chi connectivity index (χ2n) is 3.10. The van der Waals surface area contributed by atoms with E-state index in [1.807, 2.05) is 0 Å². The van der Waals surface area contributed by atoms with Gasteiger partial charge < -0.3 is 15.1 Å². The van der Waals surface area contributed by atoms with Gasteiger partial charge >= 0.3 is 6.18 Å². The topological polar surface area (TPSA) is 37.2 Å². The number of hydrogen-bond acceptors (Lipinski definition) is 3. The molecule has 2 N–H and O–H groups in total. The highest BCUT2D eigenvalue weighted by atomic mass is 19.4. The van der Waals surface area contributed by atoms with Crippen LogP contribution in [-0.4, -0.2) is 25.8 Å². The smallest absolute Gasteiger partial charge is 0.401 e. The highest BCUT2D eigenvalue weighted by molar-refractivity contribution is 5.04. The van der Waals surface area contributed by atoms with Gasteiger partial charge in [-0.15, -0.1) is 0 Å². The molecule has 0 saturated carbocycles. The van der Waals surface area contributed by atoms with E-state index in [1.165, 1.54) is 0 Å². The summed E-state index contributed by atoms with van der Waals surface area (Å²) in [5.41, 5.74) is 0.978. The highest BCUT2D eigenvalue weighted by Crippen LogP contribution is 2.11. The minimum absolute atomic E-state index is 0.289. The fourth-order valence-electron chi connectivity index (χ4n) is 1.03. The lowest BCUT2D eigenvalue weighted by Gasteiger charge is -2.08. The summed E-state index contributed by atoms with van der Waals surface area (Å²) in [6.07, 6.45) is -0.986. The molecule has 0 amide bonds. The van der Waals surface area contributed by atoms with Crippen LogP contribution in [0.4, 0.5) is 13.2 Å². The van der Waals surface area contributed by atoms with E-state index in [0.717, 1.165) is 5.56 Å². The molecule has 0 atom stereocenters. The number of hydrogen-bond donors (Lipinski definition) is 2. The van der Waals surface area contributed by atoms with E-state index in [9.17, 15) is 13.2 Å². The van der Waals surface area contributed by atoms with Crippen LogP contribution in [0.15, 0.2) is 23.0 Å². The number of rotatable bonds is 6. The normalized spacial score (nSPS) is 11.9. The minimum Gasteiger partial charge on any atom is -0.472 e. The van der Waals surface area contributed by atoms with Crippen LogP contribution in [0, 0.1) is 0 Å². The lowest BCUT2D eigenvalue weighted by Crippen LogP contribution is -2.34. The van der Waals surface area contributed by atoms with Gasteiger partial charge in [0.2, 0.25) is 0 Å². The van der Waals surface area contributed by atoms with Gasteiger partial charge in [0.15, 0.2) is 0 Å². The standard InChI is InChI=1S/C9H13F3N2O/c10-9(11,12)7-14-3-2-13-5-8-1-4-15-6-8/h1,4,6,13-14H,2-3,5,7H2. The molecule has 0 radical (unpaired) electrons. The summed E-state index contributed by atoms with van der Waals surface area (Å²) in [4.78, 5) is 0. The SMILES string of the molecule is FC(F)(F)CNCCNCc1ccoc1. The van der Waals surface area contributed by atoms with Crippen molar-refractivity contribution in [3.63, 3.8) is 0 Å². The Morgan fingerprint density at radius 3 is 2.53 bits per heavy atom. The van der Waals surface area contributed by atoms with E-state index in [4.69, 9.17) is 4.42 Å². The van der Waals surface area contributed by atoms with Gasteiger partial charge in [0.1, 0.15) is 0 Å². The van der Waals surface area contributed by atoms with Crippen molar-refractivity contribution in [3.8, 4) is 0 Å². The van der Waals surface area contributed by atoms with Crippen molar-refractivity contribution in [2.24, 2.45) is 0 Å². The van der Waals surface area contributed by atoms with E-state index in [2.05, 4.69) is 10.6 Å². The average Bonchev–Trinajstić information content (AvgIpc) is 2.61. The third kappa shape index (κ3) is 6.14. The fourth-order valence-corrected chi connectivity index (χ4v) is 1.03. The second kappa shape index (κ2) is 5.77. The molecule has 0 aliphatic rings. The molecule has 6 heteroatoms. The second-order valence-corrected chi connectivity index (χ2v) is 3.10. The zero-order chi connectivity index (χ0) is 11.1. The molecule has 0 fully saturated rings. The Bertz CT molecular complexity index is 259. The van der Waals surface area contributed by atoms with Crippen molar-refractivity contribution in [2.75, 3.05) is 19.6 Å². The molecule has 1 heterocycles. The van der Waals surface area contributed by atoms with Gasteiger partial charge in [-0.25, -0.2) is 0 Å². The fraction of sp³-hybridized carbons (Fsp3) is 0.556. The van der Waals surface area contributed by atoms with E-state index >= 15 is 0 Å². The van der Waals surface area contributed by atoms with Crippen LogP contribution in [0.5, 0.6) is 0 Å². The monoisotopic (exact) mass is 222 g/mol. The Kier molecular flexibility index (Phi) is 4.64. The first-order chi connectivity index (χ1) is 7.08. The molecule has 1 rings (SSSR count). The first-order valence-electron chi connectivity index (χ1n) is 4.57. The predicted molar refractivity (Wildman–Crippen MR) is 49.3 cm³/mol. The third-order valence-electron chi connectivity index (χ3n) is 1.71. The number of nitrogens with one attached hydrogen (secondary N) is 2. The molecule has 15 heavy (non-hydrogen) atoms. The summed E-state index contributed by atoms with van der Waals surface area (Å²) in [5.74, 6) is 0. The molecular formula is C9H13F3N2O.